The van der Waals surface area contributed by atoms with Gasteiger partial charge in [-0.1, -0.05) is 12.1 Å². The molecule has 0 saturated carbocycles. The Kier molecular flexibility index (Phi) is 3.96. The maximum atomic E-state index is 5.23. The van der Waals surface area contributed by atoms with Crippen LogP contribution < -0.4 is 5.32 Å². The zero-order valence-electron chi connectivity index (χ0n) is 10.2. The third-order valence-corrected chi connectivity index (χ3v) is 3.14. The Balaban J connectivity index is 1.77. The summed E-state index contributed by atoms with van der Waals surface area (Å²) in [5, 5.41) is 7.42. The first-order chi connectivity index (χ1) is 7.78. The lowest BCUT2D eigenvalue weighted by atomic mass is 10.1. The first-order valence-electron chi connectivity index (χ1n) is 6.16. The molecule has 1 saturated heterocycles. The molecule has 0 unspecified atom stereocenters. The molecular weight excluding hydrogens is 202 g/mol. The molecule has 1 fully saturated rings. The molecule has 0 bridgehead atoms. The Hall–Kier alpha value is -0.870. The lowest BCUT2D eigenvalue weighted by Crippen LogP contribution is -2.41. The zero-order chi connectivity index (χ0) is 11.4. The van der Waals surface area contributed by atoms with Crippen molar-refractivity contribution in [3.63, 3.8) is 0 Å². The molecule has 1 N–H and O–H groups in total. The fourth-order valence-electron chi connectivity index (χ4n) is 2.30. The standard InChI is InChI=1S/C12H21N3O/c1-3-13-11-4-6-15(7-5-11)9-12-8-10(2)14-16-12/h8,11,13H,3-7,9H2,1-2H3. The second-order valence-corrected chi connectivity index (χ2v) is 4.54. The SMILES string of the molecule is CCNC1CCN(Cc2cc(C)no2)CC1. The summed E-state index contributed by atoms with van der Waals surface area (Å²) in [5.74, 6) is 0.986. The van der Waals surface area contributed by atoms with Crippen molar-refractivity contribution in [2.75, 3.05) is 19.6 Å². The Labute approximate surface area is 97.0 Å². The summed E-state index contributed by atoms with van der Waals surface area (Å²) in [7, 11) is 0. The minimum atomic E-state index is 0.706. The van der Waals surface area contributed by atoms with Crippen LogP contribution >= 0.6 is 0 Å². The van der Waals surface area contributed by atoms with Gasteiger partial charge < -0.3 is 9.84 Å². The highest BCUT2D eigenvalue weighted by molar-refractivity contribution is 5.03. The molecule has 2 heterocycles. The summed E-state index contributed by atoms with van der Waals surface area (Å²) in [6.45, 7) is 8.41. The Bertz CT molecular complexity index is 316. The van der Waals surface area contributed by atoms with Crippen LogP contribution in [0.1, 0.15) is 31.2 Å². The van der Waals surface area contributed by atoms with Crippen molar-refractivity contribution in [2.24, 2.45) is 0 Å². The van der Waals surface area contributed by atoms with Gasteiger partial charge in [0.05, 0.1) is 12.2 Å². The van der Waals surface area contributed by atoms with Crippen LogP contribution in [0.15, 0.2) is 10.6 Å². The van der Waals surface area contributed by atoms with Crippen molar-refractivity contribution in [3.05, 3.63) is 17.5 Å². The van der Waals surface area contributed by atoms with Gasteiger partial charge >= 0.3 is 0 Å². The molecule has 4 nitrogen and oxygen atoms in total. The van der Waals surface area contributed by atoms with E-state index in [0.29, 0.717) is 6.04 Å². The minimum Gasteiger partial charge on any atom is -0.360 e. The van der Waals surface area contributed by atoms with Crippen LogP contribution in [0.25, 0.3) is 0 Å². The van der Waals surface area contributed by atoms with Crippen LogP contribution in [0.2, 0.25) is 0 Å². The number of rotatable bonds is 4. The number of aryl methyl sites for hydroxylation is 1. The van der Waals surface area contributed by atoms with E-state index >= 15 is 0 Å². The average molecular weight is 223 g/mol. The smallest absolute Gasteiger partial charge is 0.150 e. The number of hydrogen-bond donors (Lipinski definition) is 1. The quantitative estimate of drug-likeness (QED) is 0.841. The van der Waals surface area contributed by atoms with Crippen LogP contribution in [0.5, 0.6) is 0 Å². The van der Waals surface area contributed by atoms with Gasteiger partial charge in [0, 0.05) is 25.2 Å². The monoisotopic (exact) mass is 223 g/mol. The number of nitrogens with one attached hydrogen (secondary N) is 1. The lowest BCUT2D eigenvalue weighted by molar-refractivity contribution is 0.174. The highest BCUT2D eigenvalue weighted by atomic mass is 16.5. The number of aromatic nitrogens is 1. The van der Waals surface area contributed by atoms with Crippen LogP contribution in [-0.4, -0.2) is 35.7 Å². The van der Waals surface area contributed by atoms with E-state index in [1.807, 2.05) is 13.0 Å². The van der Waals surface area contributed by atoms with Crippen molar-refractivity contribution >= 4 is 0 Å². The Morgan fingerprint density at radius 2 is 2.25 bits per heavy atom. The maximum Gasteiger partial charge on any atom is 0.150 e. The fourth-order valence-corrected chi connectivity index (χ4v) is 2.30. The molecule has 1 aromatic heterocycles. The van der Waals surface area contributed by atoms with E-state index in [1.54, 1.807) is 0 Å². The van der Waals surface area contributed by atoms with Crippen LogP contribution in [-0.2, 0) is 6.54 Å². The van der Waals surface area contributed by atoms with E-state index in [2.05, 4.69) is 22.3 Å². The first kappa shape index (κ1) is 11.6. The van der Waals surface area contributed by atoms with Gasteiger partial charge in [0.25, 0.3) is 0 Å². The summed E-state index contributed by atoms with van der Waals surface area (Å²) in [4.78, 5) is 2.44. The van der Waals surface area contributed by atoms with E-state index in [4.69, 9.17) is 4.52 Å². The van der Waals surface area contributed by atoms with E-state index in [1.165, 1.54) is 12.8 Å². The molecule has 0 aromatic carbocycles. The lowest BCUT2D eigenvalue weighted by Gasteiger charge is -2.31. The van der Waals surface area contributed by atoms with E-state index in [-0.39, 0.29) is 0 Å². The molecule has 1 aromatic rings. The molecule has 2 rings (SSSR count). The molecule has 1 aliphatic rings. The Morgan fingerprint density at radius 3 is 2.81 bits per heavy atom. The van der Waals surface area contributed by atoms with Crippen molar-refractivity contribution in [1.82, 2.24) is 15.4 Å². The summed E-state index contributed by atoms with van der Waals surface area (Å²) < 4.78 is 5.23. The van der Waals surface area contributed by atoms with Crippen molar-refractivity contribution in [2.45, 2.75) is 39.3 Å². The number of hydrogen-bond acceptors (Lipinski definition) is 4. The zero-order valence-corrected chi connectivity index (χ0v) is 10.2. The van der Waals surface area contributed by atoms with Crippen molar-refractivity contribution in [3.8, 4) is 0 Å². The van der Waals surface area contributed by atoms with Crippen LogP contribution in [0.4, 0.5) is 0 Å². The van der Waals surface area contributed by atoms with Gasteiger partial charge in [0.2, 0.25) is 0 Å². The predicted octanol–water partition coefficient (Wildman–Crippen LogP) is 1.56. The molecule has 1 aliphatic heterocycles. The highest BCUT2D eigenvalue weighted by Gasteiger charge is 2.19. The van der Waals surface area contributed by atoms with Gasteiger partial charge in [-0.25, -0.2) is 0 Å². The topological polar surface area (TPSA) is 41.3 Å². The minimum absolute atomic E-state index is 0.706. The molecule has 4 heteroatoms. The molecule has 0 radical (unpaired) electrons. The highest BCUT2D eigenvalue weighted by Crippen LogP contribution is 2.14. The summed E-state index contributed by atoms with van der Waals surface area (Å²) in [6, 6.07) is 2.73. The van der Waals surface area contributed by atoms with Crippen LogP contribution in [0, 0.1) is 6.92 Å². The van der Waals surface area contributed by atoms with Gasteiger partial charge in [-0.3, -0.25) is 4.90 Å². The third kappa shape index (κ3) is 3.06. The molecule has 0 spiro atoms. The molecule has 0 atom stereocenters. The van der Waals surface area contributed by atoms with Crippen molar-refractivity contribution in [1.29, 1.82) is 0 Å². The normalized spacial score (nSPS) is 19.1. The predicted molar refractivity (Wildman–Crippen MR) is 63.2 cm³/mol. The van der Waals surface area contributed by atoms with Crippen LogP contribution in [0.3, 0.4) is 0 Å². The summed E-state index contributed by atoms with van der Waals surface area (Å²) >= 11 is 0. The number of likely N-dealkylation sites (tertiary alicyclic amines) is 1. The van der Waals surface area contributed by atoms with Gasteiger partial charge in [0.15, 0.2) is 5.76 Å². The van der Waals surface area contributed by atoms with Gasteiger partial charge in [-0.15, -0.1) is 0 Å². The van der Waals surface area contributed by atoms with E-state index in [9.17, 15) is 0 Å². The molecule has 16 heavy (non-hydrogen) atoms. The maximum absolute atomic E-state index is 5.23. The van der Waals surface area contributed by atoms with Gasteiger partial charge in [0.1, 0.15) is 0 Å². The van der Waals surface area contributed by atoms with Gasteiger partial charge in [-0.2, -0.15) is 0 Å². The summed E-state index contributed by atoms with van der Waals surface area (Å²) in [6.07, 6.45) is 2.47. The van der Waals surface area contributed by atoms with Crippen molar-refractivity contribution < 1.29 is 4.52 Å². The number of nitrogens with zero attached hydrogens (tertiary/aromatic N) is 2. The molecule has 0 aliphatic carbocycles. The molecule has 90 valence electrons. The third-order valence-electron chi connectivity index (χ3n) is 3.14. The van der Waals surface area contributed by atoms with Gasteiger partial charge in [-0.05, 0) is 26.3 Å². The number of piperidine rings is 1. The van der Waals surface area contributed by atoms with E-state index < -0.39 is 0 Å². The molecule has 0 amide bonds. The van der Waals surface area contributed by atoms with E-state index in [0.717, 1.165) is 37.6 Å². The largest absolute Gasteiger partial charge is 0.360 e. The first-order valence-corrected chi connectivity index (χ1v) is 6.16. The molecular formula is C12H21N3O. The fraction of sp³-hybridized carbons (Fsp3) is 0.750. The second-order valence-electron chi connectivity index (χ2n) is 4.54. The Morgan fingerprint density at radius 1 is 1.50 bits per heavy atom. The second kappa shape index (κ2) is 5.46. The summed E-state index contributed by atoms with van der Waals surface area (Å²) in [5.41, 5.74) is 0.970. The average Bonchev–Trinajstić information content (AvgIpc) is 2.67.